The molecule has 2 unspecified atom stereocenters. The number of halogens is 2. The first-order chi connectivity index (χ1) is 6.61. The molecule has 0 fully saturated rings. The molecule has 0 spiro atoms. The van der Waals surface area contributed by atoms with Crippen LogP contribution in [-0.4, -0.2) is 6.04 Å². The Bertz CT molecular complexity index is 363. The van der Waals surface area contributed by atoms with Gasteiger partial charge >= 0.3 is 0 Å². The molecule has 1 heterocycles. The number of benzene rings is 1. The lowest BCUT2D eigenvalue weighted by molar-refractivity contribution is 0.413. The van der Waals surface area contributed by atoms with Crippen LogP contribution in [0.25, 0.3) is 0 Å². The van der Waals surface area contributed by atoms with Gasteiger partial charge in [-0.15, -0.1) is 0 Å². The smallest absolute Gasteiger partial charge is 0.162 e. The summed E-state index contributed by atoms with van der Waals surface area (Å²) in [6, 6.07) is 3.04. The molecule has 1 N–H and O–H groups in total. The fourth-order valence-electron chi connectivity index (χ4n) is 1.95. The molecule has 0 aliphatic carbocycles. The molecule has 0 radical (unpaired) electrons. The minimum atomic E-state index is -0.746. The van der Waals surface area contributed by atoms with Gasteiger partial charge in [-0.05, 0) is 30.0 Å². The van der Waals surface area contributed by atoms with Crippen molar-refractivity contribution in [3.05, 3.63) is 34.9 Å². The van der Waals surface area contributed by atoms with Gasteiger partial charge in [0.15, 0.2) is 11.6 Å². The first-order valence-electron chi connectivity index (χ1n) is 4.81. The monoisotopic (exact) mass is 197 g/mol. The topological polar surface area (TPSA) is 12.0 Å². The Morgan fingerprint density at radius 2 is 2.00 bits per heavy atom. The standard InChI is InChI=1S/C11H13F2N/c1-6-7(2)14-5-8-3-4-9(12)11(13)10(6)8/h3-4,6-7,14H,5H2,1-2H3. The molecule has 2 atom stereocenters. The summed E-state index contributed by atoms with van der Waals surface area (Å²) in [7, 11) is 0. The number of fused-ring (bicyclic) bond motifs is 1. The zero-order chi connectivity index (χ0) is 10.3. The van der Waals surface area contributed by atoms with Crippen LogP contribution in [0.5, 0.6) is 0 Å². The van der Waals surface area contributed by atoms with Crippen molar-refractivity contribution in [1.82, 2.24) is 5.32 Å². The molecule has 1 nitrogen and oxygen atoms in total. The highest BCUT2D eigenvalue weighted by Crippen LogP contribution is 2.30. The van der Waals surface area contributed by atoms with Crippen molar-refractivity contribution in [3.8, 4) is 0 Å². The number of hydrogen-bond donors (Lipinski definition) is 1. The van der Waals surface area contributed by atoms with Gasteiger partial charge in [0.1, 0.15) is 0 Å². The quantitative estimate of drug-likeness (QED) is 0.674. The molecule has 3 heteroatoms. The number of rotatable bonds is 0. The van der Waals surface area contributed by atoms with E-state index in [2.05, 4.69) is 5.32 Å². The highest BCUT2D eigenvalue weighted by molar-refractivity contribution is 5.35. The van der Waals surface area contributed by atoms with E-state index in [9.17, 15) is 8.78 Å². The van der Waals surface area contributed by atoms with E-state index in [1.807, 2.05) is 13.8 Å². The van der Waals surface area contributed by atoms with Gasteiger partial charge in [-0.1, -0.05) is 13.0 Å². The average molecular weight is 197 g/mol. The molecule has 1 aromatic carbocycles. The molecule has 0 saturated carbocycles. The molecular formula is C11H13F2N. The summed E-state index contributed by atoms with van der Waals surface area (Å²) in [6.45, 7) is 4.52. The van der Waals surface area contributed by atoms with E-state index in [1.165, 1.54) is 6.07 Å². The van der Waals surface area contributed by atoms with Gasteiger partial charge in [0.2, 0.25) is 0 Å². The summed E-state index contributed by atoms with van der Waals surface area (Å²) >= 11 is 0. The van der Waals surface area contributed by atoms with Crippen molar-refractivity contribution in [3.63, 3.8) is 0 Å². The molecular weight excluding hydrogens is 184 g/mol. The van der Waals surface area contributed by atoms with Gasteiger partial charge < -0.3 is 5.32 Å². The zero-order valence-corrected chi connectivity index (χ0v) is 8.27. The Kier molecular flexibility index (Phi) is 2.27. The van der Waals surface area contributed by atoms with Crippen LogP contribution in [0.4, 0.5) is 8.78 Å². The van der Waals surface area contributed by atoms with Gasteiger partial charge in [-0.2, -0.15) is 0 Å². The summed E-state index contributed by atoms with van der Waals surface area (Å²) in [4.78, 5) is 0. The van der Waals surface area contributed by atoms with Gasteiger partial charge in [-0.3, -0.25) is 0 Å². The van der Waals surface area contributed by atoms with E-state index in [0.29, 0.717) is 12.1 Å². The van der Waals surface area contributed by atoms with Gasteiger partial charge in [-0.25, -0.2) is 8.78 Å². The second-order valence-corrected chi connectivity index (χ2v) is 3.89. The minimum Gasteiger partial charge on any atom is -0.310 e. The molecule has 2 rings (SSSR count). The first kappa shape index (κ1) is 9.59. The third-order valence-corrected chi connectivity index (χ3v) is 3.04. The zero-order valence-electron chi connectivity index (χ0n) is 8.27. The van der Waals surface area contributed by atoms with Crippen LogP contribution >= 0.6 is 0 Å². The summed E-state index contributed by atoms with van der Waals surface area (Å²) in [5.74, 6) is -1.40. The molecule has 1 aliphatic rings. The van der Waals surface area contributed by atoms with Crippen molar-refractivity contribution in [2.75, 3.05) is 0 Å². The summed E-state index contributed by atoms with van der Waals surface area (Å²) in [5.41, 5.74) is 1.41. The Morgan fingerprint density at radius 3 is 2.71 bits per heavy atom. The van der Waals surface area contributed by atoms with Crippen LogP contribution in [0.2, 0.25) is 0 Å². The average Bonchev–Trinajstić information content (AvgIpc) is 2.17. The second kappa shape index (κ2) is 3.31. The van der Waals surface area contributed by atoms with Gasteiger partial charge in [0.05, 0.1) is 0 Å². The van der Waals surface area contributed by atoms with Crippen molar-refractivity contribution in [2.24, 2.45) is 0 Å². The lowest BCUT2D eigenvalue weighted by Crippen LogP contribution is -2.36. The highest BCUT2D eigenvalue weighted by Gasteiger charge is 2.26. The Balaban J connectivity index is 2.56. The maximum atomic E-state index is 13.5. The molecule has 14 heavy (non-hydrogen) atoms. The molecule has 0 bridgehead atoms. The lowest BCUT2D eigenvalue weighted by Gasteiger charge is -2.30. The second-order valence-electron chi connectivity index (χ2n) is 3.89. The van der Waals surface area contributed by atoms with Crippen LogP contribution in [0.15, 0.2) is 12.1 Å². The third-order valence-electron chi connectivity index (χ3n) is 3.04. The first-order valence-corrected chi connectivity index (χ1v) is 4.81. The van der Waals surface area contributed by atoms with E-state index in [0.717, 1.165) is 5.56 Å². The molecule has 1 aliphatic heterocycles. The van der Waals surface area contributed by atoms with Crippen molar-refractivity contribution >= 4 is 0 Å². The number of nitrogens with one attached hydrogen (secondary N) is 1. The normalized spacial score (nSPS) is 26.0. The van der Waals surface area contributed by atoms with Gasteiger partial charge in [0.25, 0.3) is 0 Å². The predicted molar refractivity (Wildman–Crippen MR) is 51.1 cm³/mol. The van der Waals surface area contributed by atoms with E-state index in [-0.39, 0.29) is 12.0 Å². The molecule has 0 amide bonds. The van der Waals surface area contributed by atoms with Crippen LogP contribution in [0.3, 0.4) is 0 Å². The molecule has 0 aromatic heterocycles. The largest absolute Gasteiger partial charge is 0.310 e. The fourth-order valence-corrected chi connectivity index (χ4v) is 1.95. The van der Waals surface area contributed by atoms with E-state index in [1.54, 1.807) is 6.07 Å². The van der Waals surface area contributed by atoms with Crippen LogP contribution in [0.1, 0.15) is 30.9 Å². The predicted octanol–water partition coefficient (Wildman–Crippen LogP) is 2.56. The third kappa shape index (κ3) is 1.32. The van der Waals surface area contributed by atoms with Crippen LogP contribution < -0.4 is 5.32 Å². The van der Waals surface area contributed by atoms with Crippen LogP contribution in [-0.2, 0) is 6.54 Å². The summed E-state index contributed by atoms with van der Waals surface area (Å²) in [5, 5.41) is 3.25. The summed E-state index contributed by atoms with van der Waals surface area (Å²) in [6.07, 6.45) is 0. The molecule has 1 aromatic rings. The van der Waals surface area contributed by atoms with Crippen molar-refractivity contribution < 1.29 is 8.78 Å². The maximum absolute atomic E-state index is 13.5. The number of hydrogen-bond acceptors (Lipinski definition) is 1. The van der Waals surface area contributed by atoms with Gasteiger partial charge in [0, 0.05) is 12.6 Å². The Morgan fingerprint density at radius 1 is 1.29 bits per heavy atom. The van der Waals surface area contributed by atoms with Crippen LogP contribution in [0, 0.1) is 11.6 Å². The van der Waals surface area contributed by atoms with Crippen molar-refractivity contribution in [2.45, 2.75) is 32.4 Å². The Labute approximate surface area is 82.1 Å². The molecule has 0 saturated heterocycles. The molecule has 76 valence electrons. The Hall–Kier alpha value is -0.960. The van der Waals surface area contributed by atoms with Crippen molar-refractivity contribution in [1.29, 1.82) is 0 Å². The summed E-state index contributed by atoms with van der Waals surface area (Å²) < 4.78 is 26.5. The lowest BCUT2D eigenvalue weighted by atomic mass is 9.86. The van der Waals surface area contributed by atoms with E-state index >= 15 is 0 Å². The SMILES string of the molecule is CC1NCc2ccc(F)c(F)c2C1C. The van der Waals surface area contributed by atoms with E-state index in [4.69, 9.17) is 0 Å². The fraction of sp³-hybridized carbons (Fsp3) is 0.455. The minimum absolute atomic E-state index is 0.0226. The highest BCUT2D eigenvalue weighted by atomic mass is 19.2. The van der Waals surface area contributed by atoms with E-state index < -0.39 is 11.6 Å². The maximum Gasteiger partial charge on any atom is 0.162 e.